The summed E-state index contributed by atoms with van der Waals surface area (Å²) in [6, 6.07) is 1.52. The van der Waals surface area contributed by atoms with E-state index in [4.69, 9.17) is 67.5 Å². The zero-order valence-corrected chi connectivity index (χ0v) is 14.8. The number of halogens is 6. The minimum absolute atomic E-state index is 0.578. The molecule has 0 aliphatic carbocycles. The summed E-state index contributed by atoms with van der Waals surface area (Å²) in [5.74, 6) is 1.16. The van der Waals surface area contributed by atoms with Crippen LogP contribution >= 0.6 is 67.5 Å². The van der Waals surface area contributed by atoms with E-state index in [0.717, 1.165) is 24.9 Å². The minimum atomic E-state index is -2.29. The molecule has 0 amide bonds. The molecule has 0 aliphatic rings. The summed E-state index contributed by atoms with van der Waals surface area (Å²) in [6.45, 7) is -4.59. The van der Waals surface area contributed by atoms with Crippen molar-refractivity contribution >= 4 is 80.9 Å². The van der Waals surface area contributed by atoms with Crippen LogP contribution < -0.4 is 0 Å². The molecule has 0 rings (SSSR count). The molecular formula is C7H14Cl6Si2. The smallest absolute Gasteiger partial charge is 0.146 e. The molecule has 0 aromatic heterocycles. The molecule has 0 aromatic rings. The molecule has 0 unspecified atom stereocenters. The summed E-state index contributed by atoms with van der Waals surface area (Å²) in [4.78, 5) is 0. The lowest BCUT2D eigenvalue weighted by atomic mass is 10.6. The first-order chi connectivity index (χ1) is 6.83. The molecule has 0 aliphatic heterocycles. The largest absolute Gasteiger partial charge is 0.251 e. The van der Waals surface area contributed by atoms with E-state index in [-0.39, 0.29) is 0 Å². The molecule has 8 heteroatoms. The Kier molecular flexibility index (Phi) is 9.51. The monoisotopic (exact) mass is 364 g/mol. The second-order valence-electron chi connectivity index (χ2n) is 3.47. The van der Waals surface area contributed by atoms with Gasteiger partial charge in [0.2, 0.25) is 0 Å². The Morgan fingerprint density at radius 1 is 0.667 bits per heavy atom. The van der Waals surface area contributed by atoms with Crippen molar-refractivity contribution in [1.29, 1.82) is 0 Å². The van der Waals surface area contributed by atoms with Gasteiger partial charge in [-0.1, -0.05) is 0 Å². The maximum Gasteiger partial charge on any atom is 0.251 e. The Labute approximate surface area is 122 Å². The third-order valence-corrected chi connectivity index (χ3v) is 15.8. The standard InChI is InChI=1S/C7H14Cl6Si2/c8-3-1-5-14(10,11)7-15(12,13)6-2-4-9/h1-7H2. The lowest BCUT2D eigenvalue weighted by Gasteiger charge is -2.23. The SMILES string of the molecule is ClCCC[Si](Cl)(Cl)C[Si](Cl)(Cl)CCCCl. The van der Waals surface area contributed by atoms with E-state index in [1.165, 1.54) is 0 Å². The van der Waals surface area contributed by atoms with E-state index in [1.54, 1.807) is 0 Å². The molecule has 0 atom stereocenters. The van der Waals surface area contributed by atoms with Gasteiger partial charge in [-0.25, -0.2) is 0 Å². The minimum Gasteiger partial charge on any atom is -0.146 e. The molecule has 0 aromatic carbocycles. The second-order valence-corrected chi connectivity index (χ2v) is 19.9. The fraction of sp³-hybridized carbons (Fsp3) is 1.00. The predicted molar refractivity (Wildman–Crippen MR) is 80.0 cm³/mol. The molecule has 0 nitrogen and oxygen atoms in total. The lowest BCUT2D eigenvalue weighted by molar-refractivity contribution is 1.06. The summed E-state index contributed by atoms with van der Waals surface area (Å²) in [5.41, 5.74) is 0.597. The zero-order chi connectivity index (χ0) is 11.9. The third kappa shape index (κ3) is 9.84. The van der Waals surface area contributed by atoms with Crippen molar-refractivity contribution < 1.29 is 0 Å². The van der Waals surface area contributed by atoms with Crippen molar-refractivity contribution in [3.05, 3.63) is 0 Å². The summed E-state index contributed by atoms with van der Waals surface area (Å²) in [5, 5.41) is 0. The van der Waals surface area contributed by atoms with Gasteiger partial charge in [0.05, 0.1) is 0 Å². The summed E-state index contributed by atoms with van der Waals surface area (Å²) < 4.78 is 0. The molecule has 0 saturated heterocycles. The van der Waals surface area contributed by atoms with Crippen molar-refractivity contribution in [2.24, 2.45) is 0 Å². The Morgan fingerprint density at radius 2 is 1.00 bits per heavy atom. The van der Waals surface area contributed by atoms with Crippen LogP contribution in [0, 0.1) is 0 Å². The highest BCUT2D eigenvalue weighted by atomic mass is 35.7. The van der Waals surface area contributed by atoms with Gasteiger partial charge in [-0.2, -0.15) is 0 Å². The van der Waals surface area contributed by atoms with Crippen LogP contribution in [0.5, 0.6) is 0 Å². The highest BCUT2D eigenvalue weighted by molar-refractivity contribution is 7.56. The first kappa shape index (κ1) is 17.2. The molecule has 0 spiro atoms. The summed E-state index contributed by atoms with van der Waals surface area (Å²) in [6.07, 6.45) is 1.66. The molecular weight excluding hydrogens is 353 g/mol. The molecule has 92 valence electrons. The average Bonchev–Trinajstić information content (AvgIpc) is 2.10. The predicted octanol–water partition coefficient (Wildman–Crippen LogP) is 5.62. The van der Waals surface area contributed by atoms with Gasteiger partial charge in [0.15, 0.2) is 0 Å². The van der Waals surface area contributed by atoms with Crippen LogP contribution in [0.2, 0.25) is 17.8 Å². The van der Waals surface area contributed by atoms with E-state index in [2.05, 4.69) is 0 Å². The highest BCUT2D eigenvalue weighted by Crippen LogP contribution is 2.38. The van der Waals surface area contributed by atoms with E-state index in [0.29, 0.717) is 17.4 Å². The van der Waals surface area contributed by atoms with Crippen LogP contribution in [0.1, 0.15) is 12.8 Å². The van der Waals surface area contributed by atoms with Gasteiger partial charge in [0.1, 0.15) is 0 Å². The average molecular weight is 367 g/mol. The maximum atomic E-state index is 6.26. The van der Waals surface area contributed by atoms with E-state index >= 15 is 0 Å². The van der Waals surface area contributed by atoms with Crippen LogP contribution in [0.4, 0.5) is 0 Å². The molecule has 0 fully saturated rings. The zero-order valence-electron chi connectivity index (χ0n) is 8.22. The maximum absolute atomic E-state index is 6.26. The van der Waals surface area contributed by atoms with E-state index in [9.17, 15) is 0 Å². The van der Waals surface area contributed by atoms with Crippen LogP contribution in [0.25, 0.3) is 0 Å². The quantitative estimate of drug-likeness (QED) is 0.297. The van der Waals surface area contributed by atoms with Crippen molar-refractivity contribution in [3.63, 3.8) is 0 Å². The van der Waals surface area contributed by atoms with Gasteiger partial charge >= 0.3 is 0 Å². The molecule has 0 radical (unpaired) electrons. The topological polar surface area (TPSA) is 0 Å². The highest BCUT2D eigenvalue weighted by Gasteiger charge is 2.40. The lowest BCUT2D eigenvalue weighted by Crippen LogP contribution is -2.32. The number of hydrogen-bond donors (Lipinski definition) is 0. The van der Waals surface area contributed by atoms with Crippen LogP contribution in [0.15, 0.2) is 0 Å². The Bertz CT molecular complexity index is 157. The van der Waals surface area contributed by atoms with E-state index in [1.807, 2.05) is 0 Å². The van der Waals surface area contributed by atoms with Gasteiger partial charge < -0.3 is 0 Å². The van der Waals surface area contributed by atoms with Crippen LogP contribution in [0.3, 0.4) is 0 Å². The fourth-order valence-corrected chi connectivity index (χ4v) is 20.0. The summed E-state index contributed by atoms with van der Waals surface area (Å²) in [7, 11) is 0. The van der Waals surface area contributed by atoms with Crippen molar-refractivity contribution in [2.75, 3.05) is 11.8 Å². The van der Waals surface area contributed by atoms with Gasteiger partial charge in [0, 0.05) is 11.8 Å². The Morgan fingerprint density at radius 3 is 1.27 bits per heavy atom. The van der Waals surface area contributed by atoms with Crippen molar-refractivity contribution in [1.82, 2.24) is 0 Å². The van der Waals surface area contributed by atoms with Gasteiger partial charge in [-0.3, -0.25) is 0 Å². The Hall–Kier alpha value is 2.17. The number of alkyl halides is 2. The van der Waals surface area contributed by atoms with Crippen molar-refractivity contribution in [2.45, 2.75) is 30.6 Å². The number of rotatable bonds is 8. The fourth-order valence-electron chi connectivity index (χ4n) is 1.21. The van der Waals surface area contributed by atoms with Crippen LogP contribution in [-0.2, 0) is 0 Å². The van der Waals surface area contributed by atoms with Crippen molar-refractivity contribution in [3.8, 4) is 0 Å². The third-order valence-electron chi connectivity index (χ3n) is 1.87. The van der Waals surface area contributed by atoms with Crippen LogP contribution in [-0.4, -0.2) is 25.1 Å². The summed E-state index contributed by atoms with van der Waals surface area (Å²) >= 11 is 36.2. The van der Waals surface area contributed by atoms with Gasteiger partial charge in [-0.05, 0) is 30.6 Å². The van der Waals surface area contributed by atoms with E-state index < -0.39 is 13.4 Å². The Balaban J connectivity index is 4.04. The van der Waals surface area contributed by atoms with Gasteiger partial charge in [-0.15, -0.1) is 67.5 Å². The molecule has 0 heterocycles. The molecule has 0 saturated carbocycles. The molecule has 0 bridgehead atoms. The second kappa shape index (κ2) is 8.31. The first-order valence-corrected chi connectivity index (χ1v) is 14.6. The first-order valence-electron chi connectivity index (χ1n) is 4.70. The normalized spacial score (nSPS) is 13.2. The van der Waals surface area contributed by atoms with Gasteiger partial charge in [0.25, 0.3) is 13.4 Å². The molecule has 15 heavy (non-hydrogen) atoms. The molecule has 0 N–H and O–H groups in total. The number of hydrogen-bond acceptors (Lipinski definition) is 0.